The third-order valence-corrected chi connectivity index (χ3v) is 4.63. The highest BCUT2D eigenvalue weighted by Crippen LogP contribution is 2.25. The Balaban J connectivity index is 1.80. The van der Waals surface area contributed by atoms with E-state index in [1.807, 2.05) is 25.1 Å². The summed E-state index contributed by atoms with van der Waals surface area (Å²) < 4.78 is 15.2. The Morgan fingerprint density at radius 1 is 1.20 bits per heavy atom. The molecule has 0 saturated carbocycles. The monoisotopic (exact) mass is 407 g/mol. The van der Waals surface area contributed by atoms with E-state index in [2.05, 4.69) is 30.9 Å². The molecule has 1 atom stereocenters. The number of amides is 1. The van der Waals surface area contributed by atoms with E-state index in [1.165, 1.54) is 12.1 Å². The standard InChI is InChI=1S/C21H22FN7O/c1-12(2)21(30)24-18(14-6-8-15(22)9-7-14)20-25-19(16-5-4-10-29(16)28-20)23-17-11-13(3)26-27-17/h4-12,18H,1-3H3,(H,24,30)(H2,23,25,26,27,28). The van der Waals surface area contributed by atoms with Crippen molar-refractivity contribution in [1.29, 1.82) is 0 Å². The zero-order valence-electron chi connectivity index (χ0n) is 16.8. The molecule has 3 heterocycles. The van der Waals surface area contributed by atoms with Gasteiger partial charge in [0.1, 0.15) is 17.4 Å². The summed E-state index contributed by atoms with van der Waals surface area (Å²) in [4.78, 5) is 17.2. The van der Waals surface area contributed by atoms with Gasteiger partial charge in [0, 0.05) is 23.9 Å². The van der Waals surface area contributed by atoms with Crippen LogP contribution < -0.4 is 10.6 Å². The first-order valence-corrected chi connectivity index (χ1v) is 9.61. The summed E-state index contributed by atoms with van der Waals surface area (Å²) in [7, 11) is 0. The summed E-state index contributed by atoms with van der Waals surface area (Å²) in [5.41, 5.74) is 2.34. The minimum absolute atomic E-state index is 0.155. The second-order valence-corrected chi connectivity index (χ2v) is 7.37. The Labute approximate surface area is 172 Å². The number of hydrogen-bond donors (Lipinski definition) is 3. The number of carbonyl (C=O) groups is 1. The molecule has 30 heavy (non-hydrogen) atoms. The smallest absolute Gasteiger partial charge is 0.223 e. The van der Waals surface area contributed by atoms with Crippen LogP contribution in [-0.4, -0.2) is 30.7 Å². The SMILES string of the molecule is Cc1cc(Nc2nc(C(NC(=O)C(C)C)c3ccc(F)cc3)nn3cccc23)n[nH]1. The fourth-order valence-corrected chi connectivity index (χ4v) is 3.03. The van der Waals surface area contributed by atoms with Gasteiger partial charge in [-0.2, -0.15) is 5.10 Å². The van der Waals surface area contributed by atoms with Gasteiger partial charge in [0.05, 0.1) is 0 Å². The summed E-state index contributed by atoms with van der Waals surface area (Å²) in [5.74, 6) is 0.790. The molecule has 4 rings (SSSR count). The Morgan fingerprint density at radius 2 is 1.97 bits per heavy atom. The van der Waals surface area contributed by atoms with Crippen molar-refractivity contribution in [2.45, 2.75) is 26.8 Å². The number of benzene rings is 1. The molecule has 4 aromatic rings. The Bertz CT molecular complexity index is 1180. The number of nitrogens with zero attached hydrogens (tertiary/aromatic N) is 4. The van der Waals surface area contributed by atoms with E-state index in [0.717, 1.165) is 11.2 Å². The van der Waals surface area contributed by atoms with E-state index in [9.17, 15) is 9.18 Å². The van der Waals surface area contributed by atoms with Crippen LogP contribution in [0.4, 0.5) is 16.0 Å². The lowest BCUT2D eigenvalue weighted by Crippen LogP contribution is -2.34. The van der Waals surface area contributed by atoms with Crippen molar-refractivity contribution in [2.24, 2.45) is 5.92 Å². The number of halogens is 1. The Kier molecular flexibility index (Phi) is 5.18. The van der Waals surface area contributed by atoms with Crippen LogP contribution >= 0.6 is 0 Å². The van der Waals surface area contributed by atoms with Gasteiger partial charge in [-0.1, -0.05) is 26.0 Å². The first-order chi connectivity index (χ1) is 14.4. The molecule has 0 bridgehead atoms. The van der Waals surface area contributed by atoms with Gasteiger partial charge in [0.2, 0.25) is 5.91 Å². The summed E-state index contributed by atoms with van der Waals surface area (Å²) in [6.45, 7) is 5.52. The third-order valence-electron chi connectivity index (χ3n) is 4.63. The lowest BCUT2D eigenvalue weighted by Gasteiger charge is -2.20. The molecule has 3 aromatic heterocycles. The molecule has 1 aromatic carbocycles. The summed E-state index contributed by atoms with van der Waals surface area (Å²) >= 11 is 0. The number of aromatic nitrogens is 5. The van der Waals surface area contributed by atoms with Crippen molar-refractivity contribution in [3.05, 3.63) is 71.6 Å². The molecule has 0 saturated heterocycles. The summed E-state index contributed by atoms with van der Waals surface area (Å²) in [5, 5.41) is 17.8. The van der Waals surface area contributed by atoms with Gasteiger partial charge in [-0.25, -0.2) is 13.9 Å². The molecule has 0 aliphatic heterocycles. The minimum Gasteiger partial charge on any atom is -0.342 e. The van der Waals surface area contributed by atoms with Crippen LogP contribution in [0.15, 0.2) is 48.7 Å². The molecule has 0 fully saturated rings. The highest BCUT2D eigenvalue weighted by Gasteiger charge is 2.23. The topological polar surface area (TPSA) is 100 Å². The van der Waals surface area contributed by atoms with Crippen molar-refractivity contribution in [3.63, 3.8) is 0 Å². The van der Waals surface area contributed by atoms with Crippen LogP contribution in [0.25, 0.3) is 5.52 Å². The second kappa shape index (κ2) is 7.94. The van der Waals surface area contributed by atoms with Crippen LogP contribution in [-0.2, 0) is 4.79 Å². The number of nitrogens with one attached hydrogen (secondary N) is 3. The van der Waals surface area contributed by atoms with Gasteiger partial charge >= 0.3 is 0 Å². The Hall–Kier alpha value is -3.75. The molecule has 8 nitrogen and oxygen atoms in total. The van der Waals surface area contributed by atoms with Crippen LogP contribution in [0.3, 0.4) is 0 Å². The van der Waals surface area contributed by atoms with Crippen LogP contribution in [0, 0.1) is 18.7 Å². The fraction of sp³-hybridized carbons (Fsp3) is 0.238. The number of fused-ring (bicyclic) bond motifs is 1. The first-order valence-electron chi connectivity index (χ1n) is 9.61. The molecule has 1 amide bonds. The van der Waals surface area contributed by atoms with Crippen molar-refractivity contribution in [2.75, 3.05) is 5.32 Å². The lowest BCUT2D eigenvalue weighted by atomic mass is 10.0. The number of aromatic amines is 1. The molecular weight excluding hydrogens is 385 g/mol. The maximum absolute atomic E-state index is 13.5. The zero-order valence-corrected chi connectivity index (χ0v) is 16.8. The molecule has 0 spiro atoms. The van der Waals surface area contributed by atoms with Gasteiger partial charge in [-0.3, -0.25) is 9.89 Å². The third kappa shape index (κ3) is 4.00. The number of rotatable bonds is 6. The number of hydrogen-bond acceptors (Lipinski definition) is 5. The zero-order chi connectivity index (χ0) is 21.3. The molecular formula is C21H22FN7O. The van der Waals surface area contributed by atoms with Gasteiger partial charge in [0.15, 0.2) is 17.5 Å². The van der Waals surface area contributed by atoms with Gasteiger partial charge in [-0.15, -0.1) is 5.10 Å². The molecule has 0 radical (unpaired) electrons. The predicted molar refractivity (Wildman–Crippen MR) is 111 cm³/mol. The lowest BCUT2D eigenvalue weighted by molar-refractivity contribution is -0.124. The maximum Gasteiger partial charge on any atom is 0.223 e. The average molecular weight is 407 g/mol. The molecule has 154 valence electrons. The minimum atomic E-state index is -0.645. The van der Waals surface area contributed by atoms with E-state index < -0.39 is 6.04 Å². The highest BCUT2D eigenvalue weighted by atomic mass is 19.1. The van der Waals surface area contributed by atoms with E-state index >= 15 is 0 Å². The largest absolute Gasteiger partial charge is 0.342 e. The quantitative estimate of drug-likeness (QED) is 0.454. The van der Waals surface area contributed by atoms with E-state index in [0.29, 0.717) is 23.0 Å². The fourth-order valence-electron chi connectivity index (χ4n) is 3.03. The maximum atomic E-state index is 13.5. The summed E-state index contributed by atoms with van der Waals surface area (Å²) in [6.07, 6.45) is 1.80. The van der Waals surface area contributed by atoms with E-state index in [1.54, 1.807) is 36.7 Å². The average Bonchev–Trinajstić information content (AvgIpc) is 3.35. The van der Waals surface area contributed by atoms with Gasteiger partial charge in [0.25, 0.3) is 0 Å². The molecule has 9 heteroatoms. The molecule has 1 unspecified atom stereocenters. The van der Waals surface area contributed by atoms with Crippen LogP contribution in [0.5, 0.6) is 0 Å². The number of aryl methyl sites for hydroxylation is 1. The van der Waals surface area contributed by atoms with Crippen molar-refractivity contribution < 1.29 is 9.18 Å². The second-order valence-electron chi connectivity index (χ2n) is 7.37. The van der Waals surface area contributed by atoms with Gasteiger partial charge in [-0.05, 0) is 36.8 Å². The first kappa shape index (κ1) is 19.6. The predicted octanol–water partition coefficient (Wildman–Crippen LogP) is 3.51. The van der Waals surface area contributed by atoms with Crippen molar-refractivity contribution >= 4 is 23.1 Å². The van der Waals surface area contributed by atoms with Gasteiger partial charge < -0.3 is 10.6 Å². The van der Waals surface area contributed by atoms with Crippen molar-refractivity contribution in [3.8, 4) is 0 Å². The Morgan fingerprint density at radius 3 is 2.63 bits per heavy atom. The normalized spacial score (nSPS) is 12.3. The highest BCUT2D eigenvalue weighted by molar-refractivity contribution is 5.79. The molecule has 3 N–H and O–H groups in total. The van der Waals surface area contributed by atoms with E-state index in [4.69, 9.17) is 0 Å². The molecule has 0 aliphatic carbocycles. The van der Waals surface area contributed by atoms with Crippen LogP contribution in [0.2, 0.25) is 0 Å². The van der Waals surface area contributed by atoms with Crippen LogP contribution in [0.1, 0.15) is 37.0 Å². The number of anilines is 2. The number of carbonyl (C=O) groups excluding carboxylic acids is 1. The van der Waals surface area contributed by atoms with E-state index in [-0.39, 0.29) is 17.6 Å². The van der Waals surface area contributed by atoms with Crippen molar-refractivity contribution in [1.82, 2.24) is 30.1 Å². The number of H-pyrrole nitrogens is 1. The molecule has 0 aliphatic rings. The summed E-state index contributed by atoms with van der Waals surface area (Å²) in [6, 6.07) is 10.9.